The van der Waals surface area contributed by atoms with Crippen LogP contribution in [0.4, 0.5) is 5.69 Å². The Hall–Kier alpha value is -3.39. The largest absolute Gasteiger partial charge is 0.495 e. The molecule has 5 rings (SSSR count). The molecule has 8 nitrogen and oxygen atoms in total. The molecule has 1 N–H and O–H groups in total. The first-order chi connectivity index (χ1) is 18.0. The molecule has 2 aromatic rings. The number of benzene rings is 2. The number of fused-ring (bicyclic) bond motifs is 1. The first kappa shape index (κ1) is 25.3. The molecule has 2 fully saturated rings. The van der Waals surface area contributed by atoms with E-state index in [2.05, 4.69) is 33.3 Å². The number of ether oxygens (including phenoxy) is 1. The second-order valence-electron chi connectivity index (χ2n) is 10.2. The van der Waals surface area contributed by atoms with Crippen LogP contribution in [0.3, 0.4) is 0 Å². The number of aryl methyl sites for hydroxylation is 1. The van der Waals surface area contributed by atoms with E-state index in [0.29, 0.717) is 18.5 Å². The molecular weight excluding hydrogens is 468 g/mol. The monoisotopic (exact) mass is 504 g/mol. The lowest BCUT2D eigenvalue weighted by molar-refractivity contribution is -0.136. The van der Waals surface area contributed by atoms with Gasteiger partial charge in [-0.05, 0) is 61.6 Å². The summed E-state index contributed by atoms with van der Waals surface area (Å²) in [5, 5.41) is 2.38. The molecule has 3 heterocycles. The maximum absolute atomic E-state index is 13.0. The first-order valence-electron chi connectivity index (χ1n) is 13.4. The van der Waals surface area contributed by atoms with Crippen molar-refractivity contribution in [1.82, 2.24) is 15.1 Å². The third kappa shape index (κ3) is 5.49. The summed E-state index contributed by atoms with van der Waals surface area (Å²) in [6.45, 7) is 5.69. The zero-order valence-corrected chi connectivity index (χ0v) is 21.6. The van der Waals surface area contributed by atoms with Crippen molar-refractivity contribution in [3.8, 4) is 5.75 Å². The van der Waals surface area contributed by atoms with Crippen molar-refractivity contribution < 1.29 is 19.1 Å². The van der Waals surface area contributed by atoms with Crippen molar-refractivity contribution in [2.75, 3.05) is 44.7 Å². The summed E-state index contributed by atoms with van der Waals surface area (Å²) in [6, 6.07) is 13.6. The molecule has 0 aliphatic carbocycles. The lowest BCUT2D eigenvalue weighted by Crippen LogP contribution is -2.52. The molecule has 3 aliphatic rings. The average Bonchev–Trinajstić information content (AvgIpc) is 3.25. The number of anilines is 1. The van der Waals surface area contributed by atoms with Gasteiger partial charge >= 0.3 is 0 Å². The van der Waals surface area contributed by atoms with Crippen LogP contribution in [0.2, 0.25) is 0 Å². The number of para-hydroxylation sites is 2. The fourth-order valence-corrected chi connectivity index (χ4v) is 5.82. The molecule has 3 aliphatic heterocycles. The fraction of sp³-hybridized carbons (Fsp3) is 0.483. The molecule has 0 spiro atoms. The molecule has 1 atom stereocenters. The quantitative estimate of drug-likeness (QED) is 0.418. The predicted octanol–water partition coefficient (Wildman–Crippen LogP) is 2.99. The minimum absolute atomic E-state index is 0.0985. The average molecular weight is 505 g/mol. The molecule has 3 amide bonds. The van der Waals surface area contributed by atoms with Crippen LogP contribution in [0.1, 0.15) is 53.6 Å². The van der Waals surface area contributed by atoms with E-state index < -0.39 is 6.04 Å². The number of carbonyl (C=O) groups excluding carboxylic acids is 3. The molecule has 1 unspecified atom stereocenters. The summed E-state index contributed by atoms with van der Waals surface area (Å²) in [5.41, 5.74) is 4.13. The molecule has 8 heteroatoms. The topological polar surface area (TPSA) is 82.2 Å². The van der Waals surface area contributed by atoms with E-state index in [4.69, 9.17) is 4.74 Å². The van der Waals surface area contributed by atoms with Gasteiger partial charge in [0, 0.05) is 44.7 Å². The van der Waals surface area contributed by atoms with Gasteiger partial charge in [0.1, 0.15) is 11.8 Å². The SMILES string of the molecule is COc1ccccc1N1CCN(CCCCCc2cccc3c2CN(C2CCC(=O)NC2=O)C3=O)CC1. The Balaban J connectivity index is 1.07. The highest BCUT2D eigenvalue weighted by atomic mass is 16.5. The maximum atomic E-state index is 13.0. The number of piperidine rings is 1. The lowest BCUT2D eigenvalue weighted by atomic mass is 9.98. The lowest BCUT2D eigenvalue weighted by Gasteiger charge is -2.36. The van der Waals surface area contributed by atoms with Crippen molar-refractivity contribution in [1.29, 1.82) is 0 Å². The van der Waals surface area contributed by atoms with E-state index in [-0.39, 0.29) is 24.1 Å². The van der Waals surface area contributed by atoms with E-state index in [0.717, 1.165) is 69.7 Å². The number of piperazine rings is 1. The minimum atomic E-state index is -0.561. The Bertz CT molecular complexity index is 1160. The Labute approximate surface area is 218 Å². The number of imide groups is 1. The van der Waals surface area contributed by atoms with Crippen molar-refractivity contribution in [3.63, 3.8) is 0 Å². The third-order valence-corrected chi connectivity index (χ3v) is 7.90. The van der Waals surface area contributed by atoms with Gasteiger partial charge in [-0.25, -0.2) is 0 Å². The molecule has 196 valence electrons. The van der Waals surface area contributed by atoms with Crippen LogP contribution in [0.25, 0.3) is 0 Å². The molecule has 2 aromatic carbocycles. The number of methoxy groups -OCH3 is 1. The van der Waals surface area contributed by atoms with Crippen molar-refractivity contribution >= 4 is 23.4 Å². The zero-order valence-electron chi connectivity index (χ0n) is 21.6. The van der Waals surface area contributed by atoms with Gasteiger partial charge in [0.2, 0.25) is 11.8 Å². The van der Waals surface area contributed by atoms with Crippen LogP contribution in [0.15, 0.2) is 42.5 Å². The third-order valence-electron chi connectivity index (χ3n) is 7.90. The molecule has 0 bridgehead atoms. The molecule has 0 saturated carbocycles. The summed E-state index contributed by atoms with van der Waals surface area (Å²) in [5.74, 6) is 0.219. The summed E-state index contributed by atoms with van der Waals surface area (Å²) in [6.07, 6.45) is 4.98. The molecule has 37 heavy (non-hydrogen) atoms. The Morgan fingerprint density at radius 2 is 1.76 bits per heavy atom. The Morgan fingerprint density at radius 3 is 2.54 bits per heavy atom. The van der Waals surface area contributed by atoms with Crippen LogP contribution in [-0.2, 0) is 22.6 Å². The number of hydrogen-bond donors (Lipinski definition) is 1. The van der Waals surface area contributed by atoms with Gasteiger partial charge < -0.3 is 14.5 Å². The summed E-state index contributed by atoms with van der Waals surface area (Å²) in [4.78, 5) is 43.5. The summed E-state index contributed by atoms with van der Waals surface area (Å²) >= 11 is 0. The fourth-order valence-electron chi connectivity index (χ4n) is 5.82. The van der Waals surface area contributed by atoms with Gasteiger partial charge in [-0.15, -0.1) is 0 Å². The highest BCUT2D eigenvalue weighted by Crippen LogP contribution is 2.31. The molecular formula is C29H36N4O4. The van der Waals surface area contributed by atoms with Gasteiger partial charge in [-0.1, -0.05) is 30.7 Å². The number of amides is 3. The van der Waals surface area contributed by atoms with Crippen molar-refractivity contribution in [2.45, 2.75) is 51.1 Å². The number of nitrogens with one attached hydrogen (secondary N) is 1. The number of hydrogen-bond acceptors (Lipinski definition) is 6. The van der Waals surface area contributed by atoms with E-state index in [1.54, 1.807) is 12.0 Å². The summed E-state index contributed by atoms with van der Waals surface area (Å²) < 4.78 is 5.53. The highest BCUT2D eigenvalue weighted by Gasteiger charge is 2.39. The minimum Gasteiger partial charge on any atom is -0.495 e. The van der Waals surface area contributed by atoms with E-state index >= 15 is 0 Å². The Morgan fingerprint density at radius 1 is 0.946 bits per heavy atom. The van der Waals surface area contributed by atoms with Gasteiger partial charge in [-0.3, -0.25) is 24.6 Å². The van der Waals surface area contributed by atoms with Crippen LogP contribution in [0, 0.1) is 0 Å². The smallest absolute Gasteiger partial charge is 0.255 e. The molecule has 0 radical (unpaired) electrons. The van der Waals surface area contributed by atoms with Crippen LogP contribution >= 0.6 is 0 Å². The molecule has 0 aromatic heterocycles. The first-order valence-corrected chi connectivity index (χ1v) is 13.4. The predicted molar refractivity (Wildman–Crippen MR) is 142 cm³/mol. The van der Waals surface area contributed by atoms with Crippen LogP contribution in [0.5, 0.6) is 5.75 Å². The van der Waals surface area contributed by atoms with Crippen LogP contribution < -0.4 is 15.0 Å². The van der Waals surface area contributed by atoms with Gasteiger partial charge in [0.05, 0.1) is 12.8 Å². The van der Waals surface area contributed by atoms with Crippen molar-refractivity contribution in [3.05, 3.63) is 59.2 Å². The normalized spacial score (nSPS) is 20.2. The second-order valence-corrected chi connectivity index (χ2v) is 10.2. The summed E-state index contributed by atoms with van der Waals surface area (Å²) in [7, 11) is 1.73. The number of carbonyl (C=O) groups is 3. The Kier molecular flexibility index (Phi) is 7.74. The maximum Gasteiger partial charge on any atom is 0.255 e. The van der Waals surface area contributed by atoms with Gasteiger partial charge in [0.15, 0.2) is 0 Å². The second kappa shape index (κ2) is 11.3. The van der Waals surface area contributed by atoms with Gasteiger partial charge in [-0.2, -0.15) is 0 Å². The number of unbranched alkanes of at least 4 members (excludes halogenated alkanes) is 2. The standard InChI is InChI=1S/C29H36N4O4/c1-37-26-12-5-4-11-24(26)32-18-16-31(17-19-32)15-6-2-3-8-21-9-7-10-22-23(21)20-33(29(22)36)25-13-14-27(34)30-28(25)35/h4-5,7,9-12,25H,2-3,6,8,13-20H2,1H3,(H,30,34,35). The number of nitrogens with zero attached hydrogens (tertiary/aromatic N) is 3. The van der Waals surface area contributed by atoms with E-state index in [1.807, 2.05) is 24.3 Å². The highest BCUT2D eigenvalue weighted by molar-refractivity contribution is 6.05. The molecule has 2 saturated heterocycles. The zero-order chi connectivity index (χ0) is 25.8. The van der Waals surface area contributed by atoms with Crippen molar-refractivity contribution in [2.24, 2.45) is 0 Å². The van der Waals surface area contributed by atoms with Gasteiger partial charge in [0.25, 0.3) is 5.91 Å². The van der Waals surface area contributed by atoms with E-state index in [1.165, 1.54) is 11.3 Å². The van der Waals surface area contributed by atoms with Crippen LogP contribution in [-0.4, -0.2) is 73.4 Å². The number of rotatable bonds is 9. The van der Waals surface area contributed by atoms with E-state index in [9.17, 15) is 14.4 Å².